The van der Waals surface area contributed by atoms with Gasteiger partial charge in [0.25, 0.3) is 0 Å². The first kappa shape index (κ1) is 9.90. The van der Waals surface area contributed by atoms with Crippen LogP contribution in [-0.4, -0.2) is 25.7 Å². The summed E-state index contributed by atoms with van der Waals surface area (Å²) in [6, 6.07) is 0.795. The summed E-state index contributed by atoms with van der Waals surface area (Å²) in [5, 5.41) is 7.37. The van der Waals surface area contributed by atoms with Gasteiger partial charge in [-0.15, -0.1) is 0 Å². The summed E-state index contributed by atoms with van der Waals surface area (Å²) in [6.45, 7) is 3.59. The molecule has 4 bridgehead atoms. The molecule has 16 heavy (non-hydrogen) atoms. The van der Waals surface area contributed by atoms with E-state index in [9.17, 15) is 0 Å². The summed E-state index contributed by atoms with van der Waals surface area (Å²) in [6.07, 6.45) is 7.84. The first-order valence-electron chi connectivity index (χ1n) is 7.34. The van der Waals surface area contributed by atoms with Gasteiger partial charge in [0.15, 0.2) is 0 Å². The highest BCUT2D eigenvalue weighted by Gasteiger charge is 2.50. The molecule has 0 amide bonds. The summed E-state index contributed by atoms with van der Waals surface area (Å²) in [7, 11) is 0. The monoisotopic (exact) mass is 220 g/mol. The van der Waals surface area contributed by atoms with E-state index in [0.29, 0.717) is 0 Å². The third kappa shape index (κ3) is 1.46. The van der Waals surface area contributed by atoms with Gasteiger partial charge < -0.3 is 10.6 Å². The Morgan fingerprint density at radius 1 is 0.750 bits per heavy atom. The Labute approximate surface area is 98.6 Å². The first-order valence-corrected chi connectivity index (χ1v) is 7.34. The van der Waals surface area contributed by atoms with Crippen LogP contribution >= 0.6 is 0 Å². The topological polar surface area (TPSA) is 24.1 Å². The quantitative estimate of drug-likeness (QED) is 0.702. The lowest BCUT2D eigenvalue weighted by molar-refractivity contribution is -0.0531. The standard InChI is InChI=1S/C14H24N2/c1-2-16-13(8-15-1)14-11-4-9-3-10(6-11)7-12(14)5-9/h9-16H,1-8H2. The Morgan fingerprint density at radius 2 is 1.44 bits per heavy atom. The Balaban J connectivity index is 1.55. The van der Waals surface area contributed by atoms with Crippen molar-refractivity contribution < 1.29 is 0 Å². The zero-order chi connectivity index (χ0) is 10.5. The van der Waals surface area contributed by atoms with Gasteiger partial charge in [-0.2, -0.15) is 0 Å². The third-order valence-electron chi connectivity index (χ3n) is 5.84. The van der Waals surface area contributed by atoms with Gasteiger partial charge in [0.1, 0.15) is 0 Å². The third-order valence-corrected chi connectivity index (χ3v) is 5.84. The van der Waals surface area contributed by atoms with E-state index in [-0.39, 0.29) is 0 Å². The Kier molecular flexibility index (Phi) is 2.29. The normalized spacial score (nSPS) is 55.5. The fourth-order valence-electron chi connectivity index (χ4n) is 5.57. The van der Waals surface area contributed by atoms with Crippen LogP contribution in [0.5, 0.6) is 0 Å². The molecule has 1 heterocycles. The molecule has 1 saturated heterocycles. The van der Waals surface area contributed by atoms with Crippen LogP contribution in [0.1, 0.15) is 32.1 Å². The van der Waals surface area contributed by atoms with E-state index in [1.807, 2.05) is 0 Å². The molecule has 5 rings (SSSR count). The number of hydrogen-bond acceptors (Lipinski definition) is 2. The maximum absolute atomic E-state index is 3.78. The molecule has 0 aromatic carbocycles. The molecule has 2 N–H and O–H groups in total. The molecule has 1 aliphatic heterocycles. The van der Waals surface area contributed by atoms with Crippen molar-refractivity contribution in [2.75, 3.05) is 19.6 Å². The molecule has 0 aromatic heterocycles. The molecule has 5 aliphatic rings. The van der Waals surface area contributed by atoms with Gasteiger partial charge in [-0.05, 0) is 61.7 Å². The van der Waals surface area contributed by atoms with Crippen molar-refractivity contribution in [3.63, 3.8) is 0 Å². The van der Waals surface area contributed by atoms with Crippen LogP contribution in [0.3, 0.4) is 0 Å². The molecule has 1 atom stereocenters. The van der Waals surface area contributed by atoms with Gasteiger partial charge in [0.2, 0.25) is 0 Å². The summed E-state index contributed by atoms with van der Waals surface area (Å²) in [5.74, 6) is 5.41. The molecule has 0 radical (unpaired) electrons. The van der Waals surface area contributed by atoms with Gasteiger partial charge >= 0.3 is 0 Å². The second-order valence-corrected chi connectivity index (χ2v) is 6.77. The summed E-state index contributed by atoms with van der Waals surface area (Å²) >= 11 is 0. The van der Waals surface area contributed by atoms with Gasteiger partial charge in [0.05, 0.1) is 0 Å². The zero-order valence-electron chi connectivity index (χ0n) is 10.1. The summed E-state index contributed by atoms with van der Waals surface area (Å²) < 4.78 is 0. The minimum atomic E-state index is 0.795. The summed E-state index contributed by atoms with van der Waals surface area (Å²) in [5.41, 5.74) is 0. The molecule has 2 nitrogen and oxygen atoms in total. The predicted molar refractivity (Wildman–Crippen MR) is 65.2 cm³/mol. The Bertz CT molecular complexity index is 239. The average molecular weight is 220 g/mol. The molecule has 90 valence electrons. The summed E-state index contributed by atoms with van der Waals surface area (Å²) in [4.78, 5) is 0. The molecule has 1 unspecified atom stereocenters. The van der Waals surface area contributed by atoms with Gasteiger partial charge in [-0.1, -0.05) is 0 Å². The van der Waals surface area contributed by atoms with Crippen molar-refractivity contribution in [2.24, 2.45) is 29.6 Å². The molecule has 0 spiro atoms. The first-order chi connectivity index (χ1) is 7.90. The lowest BCUT2D eigenvalue weighted by Crippen LogP contribution is -2.59. The Morgan fingerprint density at radius 3 is 2.00 bits per heavy atom. The number of rotatable bonds is 1. The van der Waals surface area contributed by atoms with E-state index in [4.69, 9.17) is 0 Å². The van der Waals surface area contributed by atoms with Crippen LogP contribution in [0.4, 0.5) is 0 Å². The minimum Gasteiger partial charge on any atom is -0.314 e. The predicted octanol–water partition coefficient (Wildman–Crippen LogP) is 1.62. The Hall–Kier alpha value is -0.0800. The van der Waals surface area contributed by atoms with E-state index in [1.54, 1.807) is 32.1 Å². The molecule has 4 aliphatic carbocycles. The fourth-order valence-corrected chi connectivity index (χ4v) is 5.57. The van der Waals surface area contributed by atoms with Crippen LogP contribution in [-0.2, 0) is 0 Å². The van der Waals surface area contributed by atoms with Crippen LogP contribution in [0, 0.1) is 29.6 Å². The lowest BCUT2D eigenvalue weighted by atomic mass is 9.50. The van der Waals surface area contributed by atoms with Crippen LogP contribution in [0.25, 0.3) is 0 Å². The van der Waals surface area contributed by atoms with E-state index in [1.165, 1.54) is 19.6 Å². The van der Waals surface area contributed by atoms with Gasteiger partial charge in [-0.3, -0.25) is 0 Å². The average Bonchev–Trinajstić information content (AvgIpc) is 2.29. The maximum atomic E-state index is 3.78. The number of nitrogens with one attached hydrogen (secondary N) is 2. The van der Waals surface area contributed by atoms with Crippen molar-refractivity contribution in [2.45, 2.75) is 38.1 Å². The zero-order valence-corrected chi connectivity index (χ0v) is 10.1. The van der Waals surface area contributed by atoms with Gasteiger partial charge in [0, 0.05) is 25.7 Å². The van der Waals surface area contributed by atoms with Crippen molar-refractivity contribution in [1.29, 1.82) is 0 Å². The number of hydrogen-bond donors (Lipinski definition) is 2. The molecular weight excluding hydrogens is 196 g/mol. The second kappa shape index (κ2) is 3.71. The van der Waals surface area contributed by atoms with Crippen molar-refractivity contribution in [3.05, 3.63) is 0 Å². The van der Waals surface area contributed by atoms with Crippen molar-refractivity contribution in [3.8, 4) is 0 Å². The number of piperazine rings is 1. The van der Waals surface area contributed by atoms with E-state index in [2.05, 4.69) is 10.6 Å². The molecule has 5 fully saturated rings. The van der Waals surface area contributed by atoms with E-state index >= 15 is 0 Å². The highest BCUT2D eigenvalue weighted by atomic mass is 15.1. The highest BCUT2D eigenvalue weighted by molar-refractivity contribution is 5.02. The molecule has 4 saturated carbocycles. The van der Waals surface area contributed by atoms with Crippen LogP contribution in [0.15, 0.2) is 0 Å². The smallest absolute Gasteiger partial charge is 0.0226 e. The van der Waals surface area contributed by atoms with E-state index < -0.39 is 0 Å². The second-order valence-electron chi connectivity index (χ2n) is 6.77. The van der Waals surface area contributed by atoms with Crippen LogP contribution < -0.4 is 10.6 Å². The fraction of sp³-hybridized carbons (Fsp3) is 1.00. The van der Waals surface area contributed by atoms with Crippen molar-refractivity contribution >= 4 is 0 Å². The van der Waals surface area contributed by atoms with E-state index in [0.717, 1.165) is 35.6 Å². The lowest BCUT2D eigenvalue weighted by Gasteiger charge is -2.57. The molecule has 2 heteroatoms. The molecule has 0 aromatic rings. The van der Waals surface area contributed by atoms with Gasteiger partial charge in [-0.25, -0.2) is 0 Å². The molecular formula is C14H24N2. The SMILES string of the molecule is C1CNC(C2C3CC4CC(C3)CC2C4)CN1. The van der Waals surface area contributed by atoms with Crippen LogP contribution in [0.2, 0.25) is 0 Å². The largest absolute Gasteiger partial charge is 0.314 e. The minimum absolute atomic E-state index is 0.795. The van der Waals surface area contributed by atoms with Crippen molar-refractivity contribution in [1.82, 2.24) is 10.6 Å². The maximum Gasteiger partial charge on any atom is 0.0226 e. The highest BCUT2D eigenvalue weighted by Crippen LogP contribution is 2.57.